The smallest absolute Gasteiger partial charge is 0.0993 e. The summed E-state index contributed by atoms with van der Waals surface area (Å²) in [5.74, 6) is 0. The Balaban J connectivity index is 1.84. The molecule has 2 aliphatic rings. The molecule has 0 bridgehead atoms. The Morgan fingerprint density at radius 2 is 1.38 bits per heavy atom. The fraction of sp³-hybridized carbons (Fsp3) is 0.588. The summed E-state index contributed by atoms with van der Waals surface area (Å²) in [6.45, 7) is 6.52. The van der Waals surface area contributed by atoms with Crippen LogP contribution in [-0.2, 0) is 0 Å². The van der Waals surface area contributed by atoms with Crippen LogP contribution in [0.15, 0.2) is 18.2 Å². The van der Waals surface area contributed by atoms with Crippen molar-refractivity contribution >= 4 is 11.4 Å². The summed E-state index contributed by atoms with van der Waals surface area (Å²) in [6.07, 6.45) is 3.86. The van der Waals surface area contributed by atoms with Gasteiger partial charge in [-0.05, 0) is 44.5 Å². The third kappa shape index (κ3) is 3.30. The van der Waals surface area contributed by atoms with Crippen molar-refractivity contribution in [3.05, 3.63) is 23.8 Å². The molecule has 0 atom stereocenters. The van der Waals surface area contributed by atoms with Crippen LogP contribution in [0.4, 0.5) is 11.4 Å². The summed E-state index contributed by atoms with van der Waals surface area (Å²) >= 11 is 0. The summed E-state index contributed by atoms with van der Waals surface area (Å²) in [6, 6.07) is 8.69. The fourth-order valence-electron chi connectivity index (χ4n) is 3.24. The molecular formula is C17H24N4. The van der Waals surface area contributed by atoms with Gasteiger partial charge >= 0.3 is 0 Å². The van der Waals surface area contributed by atoms with Crippen LogP contribution in [0.5, 0.6) is 0 Å². The monoisotopic (exact) mass is 284 g/mol. The molecule has 0 spiro atoms. The fourth-order valence-corrected chi connectivity index (χ4v) is 3.24. The van der Waals surface area contributed by atoms with Crippen molar-refractivity contribution < 1.29 is 0 Å². The quantitative estimate of drug-likeness (QED) is 0.834. The number of nitriles is 1. The molecule has 2 aliphatic heterocycles. The molecule has 2 saturated heterocycles. The van der Waals surface area contributed by atoms with E-state index in [4.69, 9.17) is 0 Å². The highest BCUT2D eigenvalue weighted by atomic mass is 15.2. The Labute approximate surface area is 127 Å². The van der Waals surface area contributed by atoms with E-state index in [0.717, 1.165) is 44.8 Å². The number of anilines is 2. The van der Waals surface area contributed by atoms with Crippen molar-refractivity contribution in [1.82, 2.24) is 4.90 Å². The number of hydrogen-bond donors (Lipinski definition) is 0. The normalized spacial score (nSPS) is 20.4. The van der Waals surface area contributed by atoms with Crippen molar-refractivity contribution in [1.29, 1.82) is 5.26 Å². The first-order chi connectivity index (χ1) is 10.3. The Kier molecular flexibility index (Phi) is 4.31. The van der Waals surface area contributed by atoms with Crippen LogP contribution >= 0.6 is 0 Å². The molecule has 4 nitrogen and oxygen atoms in total. The molecule has 2 fully saturated rings. The highest BCUT2D eigenvalue weighted by Crippen LogP contribution is 2.27. The second-order valence-corrected chi connectivity index (χ2v) is 6.19. The number of likely N-dealkylation sites (N-methyl/N-ethyl adjacent to an activating group) is 1. The van der Waals surface area contributed by atoms with Gasteiger partial charge in [0.15, 0.2) is 0 Å². The molecule has 0 aromatic heterocycles. The van der Waals surface area contributed by atoms with Crippen LogP contribution in [0, 0.1) is 11.3 Å². The van der Waals surface area contributed by atoms with Gasteiger partial charge in [0.2, 0.25) is 0 Å². The van der Waals surface area contributed by atoms with Crippen LogP contribution in [0.3, 0.4) is 0 Å². The van der Waals surface area contributed by atoms with Crippen molar-refractivity contribution in [3.8, 4) is 6.07 Å². The molecular weight excluding hydrogens is 260 g/mol. The summed E-state index contributed by atoms with van der Waals surface area (Å²) in [5, 5.41) is 9.33. The molecule has 21 heavy (non-hydrogen) atoms. The van der Waals surface area contributed by atoms with E-state index in [0.29, 0.717) is 0 Å². The Hall–Kier alpha value is -1.73. The maximum atomic E-state index is 9.33. The van der Waals surface area contributed by atoms with E-state index < -0.39 is 0 Å². The molecule has 0 aliphatic carbocycles. The Morgan fingerprint density at radius 3 is 1.95 bits per heavy atom. The lowest BCUT2D eigenvalue weighted by Crippen LogP contribution is -2.44. The summed E-state index contributed by atoms with van der Waals surface area (Å²) in [7, 11) is 2.17. The molecule has 0 radical (unpaired) electrons. The zero-order valence-electron chi connectivity index (χ0n) is 12.9. The number of hydrogen-bond acceptors (Lipinski definition) is 4. The molecule has 0 amide bonds. The third-order valence-corrected chi connectivity index (χ3v) is 4.62. The summed E-state index contributed by atoms with van der Waals surface area (Å²) in [5.41, 5.74) is 3.22. The molecule has 4 heteroatoms. The van der Waals surface area contributed by atoms with Gasteiger partial charge in [0.05, 0.1) is 11.6 Å². The first-order valence-electron chi connectivity index (χ1n) is 8.00. The predicted octanol–water partition coefficient (Wildman–Crippen LogP) is 2.30. The van der Waals surface area contributed by atoms with Gasteiger partial charge in [0.25, 0.3) is 0 Å². The Morgan fingerprint density at radius 1 is 0.810 bits per heavy atom. The average molecular weight is 284 g/mol. The number of piperidine rings is 1. The largest absolute Gasteiger partial charge is 0.371 e. The molecule has 1 aromatic carbocycles. The molecule has 0 unspecified atom stereocenters. The highest BCUT2D eigenvalue weighted by Gasteiger charge is 2.17. The van der Waals surface area contributed by atoms with Gasteiger partial charge in [-0.15, -0.1) is 0 Å². The minimum absolute atomic E-state index is 0.784. The molecule has 112 valence electrons. The minimum atomic E-state index is 0.784. The lowest BCUT2D eigenvalue weighted by atomic mass is 10.1. The maximum absolute atomic E-state index is 9.33. The first-order valence-corrected chi connectivity index (χ1v) is 8.00. The minimum Gasteiger partial charge on any atom is -0.371 e. The lowest BCUT2D eigenvalue weighted by molar-refractivity contribution is 0.313. The number of nitrogens with zero attached hydrogens (tertiary/aromatic N) is 4. The van der Waals surface area contributed by atoms with E-state index in [9.17, 15) is 5.26 Å². The van der Waals surface area contributed by atoms with E-state index in [2.05, 4.69) is 33.9 Å². The van der Waals surface area contributed by atoms with Gasteiger partial charge in [0.1, 0.15) is 0 Å². The van der Waals surface area contributed by atoms with Gasteiger partial charge < -0.3 is 14.7 Å². The summed E-state index contributed by atoms with van der Waals surface area (Å²) < 4.78 is 0. The predicted molar refractivity (Wildman–Crippen MR) is 86.9 cm³/mol. The van der Waals surface area contributed by atoms with Crippen molar-refractivity contribution in [3.63, 3.8) is 0 Å². The zero-order valence-corrected chi connectivity index (χ0v) is 12.9. The Bertz CT molecular complexity index is 520. The molecule has 1 aromatic rings. The highest BCUT2D eigenvalue weighted by molar-refractivity contribution is 5.64. The van der Waals surface area contributed by atoms with E-state index in [-0.39, 0.29) is 0 Å². The SMILES string of the molecule is CN1CCN(c2cc(C#N)cc(N3CCCCC3)c2)CC1. The van der Waals surface area contributed by atoms with Crippen molar-refractivity contribution in [2.45, 2.75) is 19.3 Å². The number of benzene rings is 1. The van der Waals surface area contributed by atoms with Crippen molar-refractivity contribution in [2.75, 3.05) is 56.1 Å². The maximum Gasteiger partial charge on any atom is 0.0993 e. The molecule has 2 heterocycles. The standard InChI is InChI=1S/C17H24N4/c1-19-7-9-21(10-8-19)17-12-15(14-18)11-16(13-17)20-5-3-2-4-6-20/h11-13H,2-10H2,1H3. The first kappa shape index (κ1) is 14.2. The lowest BCUT2D eigenvalue weighted by Gasteiger charge is -2.35. The van der Waals surface area contributed by atoms with Gasteiger partial charge in [-0.3, -0.25) is 0 Å². The topological polar surface area (TPSA) is 33.5 Å². The van der Waals surface area contributed by atoms with Crippen LogP contribution < -0.4 is 9.80 Å². The van der Waals surface area contributed by atoms with E-state index in [1.165, 1.54) is 30.6 Å². The zero-order chi connectivity index (χ0) is 14.7. The van der Waals surface area contributed by atoms with Gasteiger partial charge in [-0.2, -0.15) is 5.26 Å². The van der Waals surface area contributed by atoms with Gasteiger partial charge in [-0.1, -0.05) is 0 Å². The molecule has 3 rings (SSSR count). The van der Waals surface area contributed by atoms with E-state index in [1.54, 1.807) is 0 Å². The second-order valence-electron chi connectivity index (χ2n) is 6.19. The van der Waals surface area contributed by atoms with Crippen LogP contribution in [0.2, 0.25) is 0 Å². The van der Waals surface area contributed by atoms with Gasteiger partial charge in [-0.25, -0.2) is 0 Å². The summed E-state index contributed by atoms with van der Waals surface area (Å²) in [4.78, 5) is 7.20. The number of piperazine rings is 1. The number of rotatable bonds is 2. The van der Waals surface area contributed by atoms with Crippen LogP contribution in [0.25, 0.3) is 0 Å². The van der Waals surface area contributed by atoms with Gasteiger partial charge in [0, 0.05) is 50.6 Å². The third-order valence-electron chi connectivity index (χ3n) is 4.62. The van der Waals surface area contributed by atoms with Crippen LogP contribution in [0.1, 0.15) is 24.8 Å². The molecule has 0 N–H and O–H groups in total. The molecule has 0 saturated carbocycles. The second kappa shape index (κ2) is 6.36. The van der Waals surface area contributed by atoms with Crippen molar-refractivity contribution in [2.24, 2.45) is 0 Å². The van der Waals surface area contributed by atoms with Crippen LogP contribution in [-0.4, -0.2) is 51.2 Å². The average Bonchev–Trinajstić information content (AvgIpc) is 2.56. The van der Waals surface area contributed by atoms with E-state index in [1.807, 2.05) is 12.1 Å². The van der Waals surface area contributed by atoms with E-state index >= 15 is 0 Å².